The molecule has 0 N–H and O–H groups in total. The summed E-state index contributed by atoms with van der Waals surface area (Å²) in [5.41, 5.74) is -0.164. The number of esters is 1. The van der Waals surface area contributed by atoms with E-state index in [2.05, 4.69) is 4.74 Å². The van der Waals surface area contributed by atoms with Crippen LogP contribution in [0.2, 0.25) is 0 Å². The minimum absolute atomic E-state index is 0.0324. The molecule has 0 saturated heterocycles. The van der Waals surface area contributed by atoms with Gasteiger partial charge in [0.25, 0.3) is 15.9 Å². The van der Waals surface area contributed by atoms with Gasteiger partial charge in [0, 0.05) is 0 Å². The molecule has 1 aliphatic heterocycles. The largest absolute Gasteiger partial charge is 0.493 e. The molecule has 0 radical (unpaired) electrons. The van der Waals surface area contributed by atoms with Crippen molar-refractivity contribution in [2.24, 2.45) is 0 Å². The predicted molar refractivity (Wildman–Crippen MR) is 76.3 cm³/mol. The zero-order valence-electron chi connectivity index (χ0n) is 12.9. The molecule has 0 aromatic heterocycles. The minimum Gasteiger partial charge on any atom is -0.493 e. The normalized spacial score (nSPS) is 15.1. The lowest BCUT2D eigenvalue weighted by Gasteiger charge is -2.15. The number of amides is 1. The van der Waals surface area contributed by atoms with Crippen LogP contribution in [0.25, 0.3) is 0 Å². The molecule has 1 aliphatic rings. The lowest BCUT2D eigenvalue weighted by atomic mass is 10.1. The quantitative estimate of drug-likeness (QED) is 0.688. The monoisotopic (exact) mass is 345 g/mol. The Morgan fingerprint density at radius 3 is 2.17 bits per heavy atom. The van der Waals surface area contributed by atoms with Gasteiger partial charge in [-0.1, -0.05) is 0 Å². The average molecular weight is 345 g/mol. The number of nitrogens with zero attached hydrogens (tertiary/aromatic N) is 1. The maximum atomic E-state index is 12.6. The highest BCUT2D eigenvalue weighted by Gasteiger charge is 2.46. The van der Waals surface area contributed by atoms with Gasteiger partial charge >= 0.3 is 5.97 Å². The number of hydrogen-bond acceptors (Lipinski definition) is 8. The van der Waals surface area contributed by atoms with E-state index in [9.17, 15) is 18.0 Å². The molecule has 126 valence electrons. The first kappa shape index (κ1) is 16.9. The average Bonchev–Trinajstić information content (AvgIpc) is 2.73. The van der Waals surface area contributed by atoms with Crippen LogP contribution in [-0.2, 0) is 19.6 Å². The van der Waals surface area contributed by atoms with Crippen LogP contribution in [0.4, 0.5) is 0 Å². The lowest BCUT2D eigenvalue weighted by Crippen LogP contribution is -2.35. The maximum absolute atomic E-state index is 12.6. The SMILES string of the molecule is COC(=O)CN1C(=O)c2cc(OC)c(OC)c(OC)c2S1(=O)=O. The molecule has 10 heteroatoms. The van der Waals surface area contributed by atoms with E-state index in [-0.39, 0.29) is 27.7 Å². The molecule has 1 amide bonds. The first-order valence-electron chi connectivity index (χ1n) is 6.30. The van der Waals surface area contributed by atoms with Gasteiger partial charge in [-0.15, -0.1) is 0 Å². The molecule has 0 saturated carbocycles. The standard InChI is InChI=1S/C13H15NO8S/c1-19-8-5-7-12(11(22-4)10(8)21-3)23(17,18)14(13(7)16)6-9(15)20-2/h5H,6H2,1-4H3. The third-order valence-corrected chi connectivity index (χ3v) is 5.09. The minimum atomic E-state index is -4.28. The summed E-state index contributed by atoms with van der Waals surface area (Å²) in [6, 6.07) is 1.23. The fourth-order valence-corrected chi connectivity index (χ4v) is 3.88. The van der Waals surface area contributed by atoms with Gasteiger partial charge in [0.2, 0.25) is 5.75 Å². The summed E-state index contributed by atoms with van der Waals surface area (Å²) < 4.78 is 45.4. The van der Waals surface area contributed by atoms with Crippen LogP contribution in [0.15, 0.2) is 11.0 Å². The van der Waals surface area contributed by atoms with Crippen molar-refractivity contribution in [3.63, 3.8) is 0 Å². The number of carbonyl (C=O) groups is 2. The van der Waals surface area contributed by atoms with Gasteiger partial charge in [-0.3, -0.25) is 9.59 Å². The molecule has 1 aromatic carbocycles. The zero-order chi connectivity index (χ0) is 17.4. The van der Waals surface area contributed by atoms with Crippen molar-refractivity contribution in [1.29, 1.82) is 0 Å². The number of ether oxygens (including phenoxy) is 4. The molecule has 0 atom stereocenters. The van der Waals surface area contributed by atoms with Crippen LogP contribution in [-0.4, -0.2) is 59.6 Å². The number of sulfonamides is 1. The fraction of sp³-hybridized carbons (Fsp3) is 0.385. The van der Waals surface area contributed by atoms with Gasteiger partial charge in [0.05, 0.1) is 34.0 Å². The Kier molecular flexibility index (Phi) is 4.37. The molecule has 0 unspecified atom stereocenters. The summed E-state index contributed by atoms with van der Waals surface area (Å²) in [4.78, 5) is 23.4. The number of benzene rings is 1. The van der Waals surface area contributed by atoms with Gasteiger partial charge < -0.3 is 18.9 Å². The van der Waals surface area contributed by atoms with Crippen molar-refractivity contribution < 1.29 is 37.0 Å². The predicted octanol–water partition coefficient (Wildman–Crippen LogP) is 0.0299. The van der Waals surface area contributed by atoms with Crippen molar-refractivity contribution in [1.82, 2.24) is 4.31 Å². The second kappa shape index (κ2) is 5.95. The van der Waals surface area contributed by atoms with Crippen molar-refractivity contribution in [2.75, 3.05) is 35.0 Å². The maximum Gasteiger partial charge on any atom is 0.326 e. The van der Waals surface area contributed by atoms with Crippen molar-refractivity contribution in [2.45, 2.75) is 4.90 Å². The van der Waals surface area contributed by atoms with Crippen molar-refractivity contribution in [3.05, 3.63) is 11.6 Å². The highest BCUT2D eigenvalue weighted by atomic mass is 32.2. The van der Waals surface area contributed by atoms with E-state index in [4.69, 9.17) is 14.2 Å². The molecule has 2 rings (SSSR count). The van der Waals surface area contributed by atoms with Crippen LogP contribution in [0.1, 0.15) is 10.4 Å². The number of carbonyl (C=O) groups excluding carboxylic acids is 2. The van der Waals surface area contributed by atoms with E-state index in [1.807, 2.05) is 0 Å². The van der Waals surface area contributed by atoms with Crippen molar-refractivity contribution >= 4 is 21.9 Å². The van der Waals surface area contributed by atoms with E-state index in [1.165, 1.54) is 27.4 Å². The Morgan fingerprint density at radius 2 is 1.70 bits per heavy atom. The number of rotatable bonds is 5. The molecule has 23 heavy (non-hydrogen) atoms. The molecule has 9 nitrogen and oxygen atoms in total. The second-order valence-electron chi connectivity index (χ2n) is 4.41. The Bertz CT molecular complexity index is 771. The third kappa shape index (κ3) is 2.44. The number of fused-ring (bicyclic) bond motifs is 1. The van der Waals surface area contributed by atoms with Gasteiger partial charge in [0.1, 0.15) is 11.4 Å². The summed E-state index contributed by atoms with van der Waals surface area (Å²) in [5.74, 6) is -1.74. The Hall–Kier alpha value is -2.49. The van der Waals surface area contributed by atoms with Gasteiger partial charge in [-0.25, -0.2) is 12.7 Å². The van der Waals surface area contributed by atoms with Gasteiger partial charge in [-0.05, 0) is 6.07 Å². The summed E-state index contributed by atoms with van der Waals surface area (Å²) in [6.07, 6.45) is 0. The first-order valence-corrected chi connectivity index (χ1v) is 7.74. The summed E-state index contributed by atoms with van der Waals surface area (Å²) in [5, 5.41) is 0. The number of methoxy groups -OCH3 is 4. The first-order chi connectivity index (χ1) is 10.8. The molecule has 1 aromatic rings. The van der Waals surface area contributed by atoms with Gasteiger partial charge in [-0.2, -0.15) is 0 Å². The third-order valence-electron chi connectivity index (χ3n) is 3.29. The van der Waals surface area contributed by atoms with E-state index < -0.39 is 28.4 Å². The van der Waals surface area contributed by atoms with Crippen LogP contribution in [0.5, 0.6) is 17.2 Å². The fourth-order valence-electron chi connectivity index (χ4n) is 2.24. The summed E-state index contributed by atoms with van der Waals surface area (Å²) in [6.45, 7) is -0.736. The van der Waals surface area contributed by atoms with Crippen LogP contribution >= 0.6 is 0 Å². The molecular weight excluding hydrogens is 330 g/mol. The van der Waals surface area contributed by atoms with Crippen molar-refractivity contribution in [3.8, 4) is 17.2 Å². The van der Waals surface area contributed by atoms with Crippen LogP contribution in [0.3, 0.4) is 0 Å². The highest BCUT2D eigenvalue weighted by molar-refractivity contribution is 7.90. The van der Waals surface area contributed by atoms with E-state index in [0.29, 0.717) is 4.31 Å². The molecule has 0 fully saturated rings. The van der Waals surface area contributed by atoms with Crippen LogP contribution in [0, 0.1) is 0 Å². The summed E-state index contributed by atoms with van der Waals surface area (Å²) >= 11 is 0. The van der Waals surface area contributed by atoms with E-state index >= 15 is 0 Å². The number of hydrogen-bond donors (Lipinski definition) is 0. The Morgan fingerprint density at radius 1 is 1.09 bits per heavy atom. The molecule has 0 bridgehead atoms. The summed E-state index contributed by atoms with van der Waals surface area (Å²) in [7, 11) is 0.696. The van der Waals surface area contributed by atoms with E-state index in [0.717, 1.165) is 7.11 Å². The molecular formula is C13H15NO8S. The molecule has 0 spiro atoms. The topological polar surface area (TPSA) is 108 Å². The zero-order valence-corrected chi connectivity index (χ0v) is 13.7. The Balaban J connectivity index is 2.73. The van der Waals surface area contributed by atoms with Gasteiger partial charge in [0.15, 0.2) is 11.5 Å². The van der Waals surface area contributed by atoms with Crippen LogP contribution < -0.4 is 14.2 Å². The molecule has 0 aliphatic carbocycles. The van der Waals surface area contributed by atoms with E-state index in [1.54, 1.807) is 0 Å². The smallest absolute Gasteiger partial charge is 0.326 e. The molecule has 1 heterocycles. The second-order valence-corrected chi connectivity index (χ2v) is 6.21. The highest BCUT2D eigenvalue weighted by Crippen LogP contribution is 2.48. The lowest BCUT2D eigenvalue weighted by molar-refractivity contribution is -0.140. The Labute approximate surface area is 132 Å².